The van der Waals surface area contributed by atoms with Gasteiger partial charge in [0.1, 0.15) is 5.75 Å². The molecule has 22 heavy (non-hydrogen) atoms. The van der Waals surface area contributed by atoms with Crippen molar-refractivity contribution in [3.05, 3.63) is 35.9 Å². The van der Waals surface area contributed by atoms with E-state index < -0.39 is 0 Å². The Morgan fingerprint density at radius 3 is 2.91 bits per heavy atom. The summed E-state index contributed by atoms with van der Waals surface area (Å²) in [6, 6.07) is 7.73. The number of hydrogen-bond donors (Lipinski definition) is 2. The van der Waals surface area contributed by atoms with Crippen LogP contribution >= 0.6 is 0 Å². The SMILES string of the molecule is CCOc1ccccc1/C=C/C(=O)NC1CCCCC1CO. The van der Waals surface area contributed by atoms with E-state index in [0.29, 0.717) is 6.61 Å². The van der Waals surface area contributed by atoms with Gasteiger partial charge in [-0.3, -0.25) is 4.79 Å². The summed E-state index contributed by atoms with van der Waals surface area (Å²) in [7, 11) is 0. The molecule has 1 aromatic rings. The molecule has 2 unspecified atom stereocenters. The first-order chi connectivity index (χ1) is 10.7. The van der Waals surface area contributed by atoms with Crippen LogP contribution in [0.5, 0.6) is 5.75 Å². The van der Waals surface area contributed by atoms with Gasteiger partial charge in [-0.15, -0.1) is 0 Å². The second-order valence-corrected chi connectivity index (χ2v) is 5.65. The largest absolute Gasteiger partial charge is 0.493 e. The molecular weight excluding hydrogens is 278 g/mol. The van der Waals surface area contributed by atoms with E-state index in [-0.39, 0.29) is 24.5 Å². The average Bonchev–Trinajstić information content (AvgIpc) is 2.55. The minimum atomic E-state index is -0.114. The van der Waals surface area contributed by atoms with Crippen LogP contribution in [0.4, 0.5) is 0 Å². The summed E-state index contributed by atoms with van der Waals surface area (Å²) in [6.07, 6.45) is 7.49. The Hall–Kier alpha value is -1.81. The van der Waals surface area contributed by atoms with Crippen molar-refractivity contribution in [2.45, 2.75) is 38.6 Å². The number of nitrogens with one attached hydrogen (secondary N) is 1. The molecule has 0 aliphatic heterocycles. The second kappa shape index (κ2) is 8.59. The van der Waals surface area contributed by atoms with Crippen LogP contribution in [0.3, 0.4) is 0 Å². The van der Waals surface area contributed by atoms with Gasteiger partial charge in [-0.1, -0.05) is 31.0 Å². The third-order valence-corrected chi connectivity index (χ3v) is 4.10. The van der Waals surface area contributed by atoms with E-state index in [1.807, 2.05) is 31.2 Å². The average molecular weight is 303 g/mol. The summed E-state index contributed by atoms with van der Waals surface area (Å²) in [4.78, 5) is 12.1. The highest BCUT2D eigenvalue weighted by atomic mass is 16.5. The molecule has 0 spiro atoms. The highest BCUT2D eigenvalue weighted by Gasteiger charge is 2.25. The minimum absolute atomic E-state index is 0.0815. The molecule has 1 aliphatic carbocycles. The number of carbonyl (C=O) groups excluding carboxylic acids is 1. The topological polar surface area (TPSA) is 58.6 Å². The van der Waals surface area contributed by atoms with Crippen LogP contribution in [0, 0.1) is 5.92 Å². The normalized spacial score (nSPS) is 21.7. The lowest BCUT2D eigenvalue weighted by atomic mass is 9.85. The highest BCUT2D eigenvalue weighted by Crippen LogP contribution is 2.24. The summed E-state index contributed by atoms with van der Waals surface area (Å²) >= 11 is 0. The van der Waals surface area contributed by atoms with Gasteiger partial charge in [0, 0.05) is 30.2 Å². The van der Waals surface area contributed by atoms with Gasteiger partial charge in [-0.25, -0.2) is 0 Å². The Morgan fingerprint density at radius 1 is 1.36 bits per heavy atom. The zero-order chi connectivity index (χ0) is 15.8. The van der Waals surface area contributed by atoms with Gasteiger partial charge in [-0.2, -0.15) is 0 Å². The van der Waals surface area contributed by atoms with Crippen molar-refractivity contribution in [1.82, 2.24) is 5.32 Å². The maximum Gasteiger partial charge on any atom is 0.244 e. The third kappa shape index (κ3) is 4.60. The van der Waals surface area contributed by atoms with Gasteiger partial charge in [0.2, 0.25) is 5.91 Å². The van der Waals surface area contributed by atoms with Crippen molar-refractivity contribution in [3.8, 4) is 5.75 Å². The van der Waals surface area contributed by atoms with E-state index in [4.69, 9.17) is 4.74 Å². The number of carbonyl (C=O) groups is 1. The predicted octanol–water partition coefficient (Wildman–Crippen LogP) is 2.77. The molecule has 4 nitrogen and oxygen atoms in total. The van der Waals surface area contributed by atoms with E-state index in [9.17, 15) is 9.90 Å². The molecule has 2 N–H and O–H groups in total. The Labute approximate surface area is 132 Å². The van der Waals surface area contributed by atoms with E-state index >= 15 is 0 Å². The number of para-hydroxylation sites is 1. The van der Waals surface area contributed by atoms with Crippen LogP contribution < -0.4 is 10.1 Å². The van der Waals surface area contributed by atoms with Gasteiger partial charge in [0.15, 0.2) is 0 Å². The number of rotatable bonds is 6. The van der Waals surface area contributed by atoms with Crippen LogP contribution in [-0.4, -0.2) is 30.3 Å². The first-order valence-corrected chi connectivity index (χ1v) is 8.06. The van der Waals surface area contributed by atoms with Crippen molar-refractivity contribution < 1.29 is 14.6 Å². The molecular formula is C18H25NO3. The maximum absolute atomic E-state index is 12.1. The number of amides is 1. The van der Waals surface area contributed by atoms with Crippen molar-refractivity contribution in [3.63, 3.8) is 0 Å². The molecule has 1 saturated carbocycles. The molecule has 0 bridgehead atoms. The van der Waals surface area contributed by atoms with Crippen molar-refractivity contribution >= 4 is 12.0 Å². The van der Waals surface area contributed by atoms with Crippen LogP contribution in [0.1, 0.15) is 38.2 Å². The van der Waals surface area contributed by atoms with Crippen molar-refractivity contribution in [2.75, 3.05) is 13.2 Å². The number of aliphatic hydroxyl groups excluding tert-OH is 1. The minimum Gasteiger partial charge on any atom is -0.493 e. The Kier molecular flexibility index (Phi) is 6.46. The van der Waals surface area contributed by atoms with Gasteiger partial charge in [-0.05, 0) is 31.9 Å². The first kappa shape index (κ1) is 16.6. The molecule has 1 aromatic carbocycles. The van der Waals surface area contributed by atoms with Crippen LogP contribution in [-0.2, 0) is 4.79 Å². The molecule has 4 heteroatoms. The standard InChI is InChI=1S/C18H25NO3/c1-2-22-17-10-6-4-7-14(17)11-12-18(21)19-16-9-5-3-8-15(16)13-20/h4,6-7,10-12,15-16,20H,2-3,5,8-9,13H2,1H3,(H,19,21)/b12-11+. The molecule has 0 saturated heterocycles. The Balaban J connectivity index is 1.96. The van der Waals surface area contributed by atoms with Gasteiger partial charge < -0.3 is 15.2 Å². The molecule has 2 atom stereocenters. The molecule has 1 amide bonds. The lowest BCUT2D eigenvalue weighted by molar-refractivity contribution is -0.117. The Morgan fingerprint density at radius 2 is 2.14 bits per heavy atom. The summed E-state index contributed by atoms with van der Waals surface area (Å²) in [6.45, 7) is 2.67. The summed E-state index contributed by atoms with van der Waals surface area (Å²) < 4.78 is 5.54. The molecule has 120 valence electrons. The fourth-order valence-corrected chi connectivity index (χ4v) is 2.92. The molecule has 0 aromatic heterocycles. The summed E-state index contributed by atoms with van der Waals surface area (Å²) in [5.74, 6) is 0.846. The highest BCUT2D eigenvalue weighted by molar-refractivity contribution is 5.92. The first-order valence-electron chi connectivity index (χ1n) is 8.06. The van der Waals surface area contributed by atoms with Crippen LogP contribution in [0.2, 0.25) is 0 Å². The van der Waals surface area contributed by atoms with Gasteiger partial charge in [0.25, 0.3) is 0 Å². The van der Waals surface area contributed by atoms with Crippen LogP contribution in [0.15, 0.2) is 30.3 Å². The molecule has 1 fully saturated rings. The second-order valence-electron chi connectivity index (χ2n) is 5.65. The number of aliphatic hydroxyl groups is 1. The fourth-order valence-electron chi connectivity index (χ4n) is 2.92. The van der Waals surface area contributed by atoms with Crippen molar-refractivity contribution in [2.24, 2.45) is 5.92 Å². The maximum atomic E-state index is 12.1. The van der Waals surface area contributed by atoms with E-state index in [1.165, 1.54) is 0 Å². The zero-order valence-corrected chi connectivity index (χ0v) is 13.1. The summed E-state index contributed by atoms with van der Waals surface area (Å²) in [5, 5.41) is 12.4. The number of hydrogen-bond acceptors (Lipinski definition) is 3. The number of benzene rings is 1. The van der Waals surface area contributed by atoms with Crippen LogP contribution in [0.25, 0.3) is 6.08 Å². The molecule has 2 rings (SSSR count). The van der Waals surface area contributed by atoms with E-state index in [1.54, 1.807) is 12.2 Å². The third-order valence-electron chi connectivity index (χ3n) is 4.10. The predicted molar refractivity (Wildman–Crippen MR) is 87.6 cm³/mol. The summed E-state index contributed by atoms with van der Waals surface area (Å²) in [5.41, 5.74) is 0.891. The smallest absolute Gasteiger partial charge is 0.244 e. The zero-order valence-electron chi connectivity index (χ0n) is 13.1. The van der Waals surface area contributed by atoms with Gasteiger partial charge in [0.05, 0.1) is 6.61 Å². The number of ether oxygens (including phenoxy) is 1. The van der Waals surface area contributed by atoms with Crippen molar-refractivity contribution in [1.29, 1.82) is 0 Å². The van der Waals surface area contributed by atoms with E-state index in [2.05, 4.69) is 5.32 Å². The quantitative estimate of drug-likeness (QED) is 0.795. The molecule has 0 radical (unpaired) electrons. The van der Waals surface area contributed by atoms with E-state index in [0.717, 1.165) is 37.0 Å². The lowest BCUT2D eigenvalue weighted by Crippen LogP contribution is -2.42. The molecule has 0 heterocycles. The fraction of sp³-hybridized carbons (Fsp3) is 0.500. The Bertz CT molecular complexity index is 513. The monoisotopic (exact) mass is 303 g/mol. The van der Waals surface area contributed by atoms with Gasteiger partial charge >= 0.3 is 0 Å². The lowest BCUT2D eigenvalue weighted by Gasteiger charge is -2.30. The molecule has 1 aliphatic rings.